The average Bonchev–Trinajstić information content (AvgIpc) is 2.98. The van der Waals surface area contributed by atoms with Crippen LogP contribution in [-0.4, -0.2) is 29.3 Å². The number of rotatable bonds is 5. The van der Waals surface area contributed by atoms with Crippen molar-refractivity contribution in [1.29, 1.82) is 0 Å². The third-order valence-corrected chi connectivity index (χ3v) is 5.97. The molecule has 144 valence electrons. The topological polar surface area (TPSA) is 49.4 Å². The highest BCUT2D eigenvalue weighted by molar-refractivity contribution is 6.08. The Kier molecular flexibility index (Phi) is 5.29. The van der Waals surface area contributed by atoms with Crippen molar-refractivity contribution < 1.29 is 9.59 Å². The van der Waals surface area contributed by atoms with Gasteiger partial charge in [0, 0.05) is 35.8 Å². The molecule has 1 saturated carbocycles. The van der Waals surface area contributed by atoms with E-state index in [0.29, 0.717) is 30.1 Å². The van der Waals surface area contributed by atoms with Gasteiger partial charge in [0.25, 0.3) is 5.91 Å². The van der Waals surface area contributed by atoms with E-state index in [4.69, 9.17) is 0 Å². The number of nitrogens with one attached hydrogen (secondary N) is 1. The Morgan fingerprint density at radius 3 is 2.29 bits per heavy atom. The van der Waals surface area contributed by atoms with Crippen molar-refractivity contribution in [3.05, 3.63) is 77.9 Å². The first-order chi connectivity index (χ1) is 13.6. The molecule has 0 saturated heterocycles. The van der Waals surface area contributed by atoms with Crippen LogP contribution in [0.25, 0.3) is 5.70 Å². The number of nitrogens with zero attached hydrogens (tertiary/aromatic N) is 1. The molecule has 2 aliphatic rings. The van der Waals surface area contributed by atoms with Crippen molar-refractivity contribution in [2.75, 3.05) is 6.54 Å². The predicted octanol–water partition coefficient (Wildman–Crippen LogP) is 4.35. The molecular formula is C24H26N2O2. The van der Waals surface area contributed by atoms with Crippen LogP contribution in [0.3, 0.4) is 0 Å². The summed E-state index contributed by atoms with van der Waals surface area (Å²) >= 11 is 0. The first-order valence-corrected chi connectivity index (χ1v) is 10.1. The fourth-order valence-electron chi connectivity index (χ4n) is 4.38. The van der Waals surface area contributed by atoms with Crippen LogP contribution in [0.2, 0.25) is 0 Å². The molecule has 28 heavy (non-hydrogen) atoms. The number of benzene rings is 2. The Balaban J connectivity index is 1.25. The molecule has 4 heteroatoms. The summed E-state index contributed by atoms with van der Waals surface area (Å²) in [6, 6.07) is 18.3. The Labute approximate surface area is 166 Å². The summed E-state index contributed by atoms with van der Waals surface area (Å²) in [6.07, 6.45) is 4.52. The van der Waals surface area contributed by atoms with Gasteiger partial charge in [-0.25, -0.2) is 0 Å². The van der Waals surface area contributed by atoms with Crippen LogP contribution >= 0.6 is 0 Å². The summed E-state index contributed by atoms with van der Waals surface area (Å²) < 4.78 is 0. The van der Waals surface area contributed by atoms with Crippen molar-refractivity contribution in [1.82, 2.24) is 10.2 Å². The molecule has 1 aliphatic carbocycles. The van der Waals surface area contributed by atoms with Crippen molar-refractivity contribution in [3.8, 4) is 0 Å². The minimum Gasteiger partial charge on any atom is -0.353 e. The highest BCUT2D eigenvalue weighted by atomic mass is 16.2. The van der Waals surface area contributed by atoms with Gasteiger partial charge in [0.05, 0.1) is 0 Å². The Morgan fingerprint density at radius 1 is 0.964 bits per heavy atom. The minimum atomic E-state index is -0.0585. The van der Waals surface area contributed by atoms with E-state index >= 15 is 0 Å². The van der Waals surface area contributed by atoms with Crippen LogP contribution in [0.1, 0.15) is 59.5 Å². The highest BCUT2D eigenvalue weighted by Gasteiger charge is 2.31. The van der Waals surface area contributed by atoms with Gasteiger partial charge in [-0.1, -0.05) is 55.1 Å². The first-order valence-electron chi connectivity index (χ1n) is 10.1. The maximum Gasteiger partial charge on any atom is 0.258 e. The molecule has 2 amide bonds. The fourth-order valence-corrected chi connectivity index (χ4v) is 4.38. The van der Waals surface area contributed by atoms with Crippen LogP contribution in [0, 0.1) is 0 Å². The van der Waals surface area contributed by atoms with Crippen molar-refractivity contribution in [2.24, 2.45) is 0 Å². The van der Waals surface area contributed by atoms with E-state index in [1.807, 2.05) is 30.3 Å². The summed E-state index contributed by atoms with van der Waals surface area (Å²) in [5.41, 5.74) is 3.63. The quantitative estimate of drug-likeness (QED) is 0.846. The summed E-state index contributed by atoms with van der Waals surface area (Å²) in [5.74, 6) is 0.551. The van der Waals surface area contributed by atoms with Gasteiger partial charge in [-0.05, 0) is 43.2 Å². The largest absolute Gasteiger partial charge is 0.353 e. The van der Waals surface area contributed by atoms with Gasteiger partial charge in [0.1, 0.15) is 0 Å². The van der Waals surface area contributed by atoms with Crippen molar-refractivity contribution in [2.45, 2.75) is 44.1 Å². The third-order valence-electron chi connectivity index (χ3n) is 5.97. The molecular weight excluding hydrogens is 348 g/mol. The number of hydrogen-bond acceptors (Lipinski definition) is 2. The van der Waals surface area contributed by atoms with Gasteiger partial charge in [-0.3, -0.25) is 9.59 Å². The molecule has 1 heterocycles. The van der Waals surface area contributed by atoms with E-state index in [0.717, 1.165) is 31.2 Å². The van der Waals surface area contributed by atoms with Crippen LogP contribution < -0.4 is 5.32 Å². The summed E-state index contributed by atoms with van der Waals surface area (Å²) in [5, 5.41) is 3.16. The molecule has 4 nitrogen and oxygen atoms in total. The van der Waals surface area contributed by atoms with Gasteiger partial charge in [0.15, 0.2) is 0 Å². The normalized spacial score (nSPS) is 21.5. The van der Waals surface area contributed by atoms with E-state index in [2.05, 4.69) is 36.2 Å². The summed E-state index contributed by atoms with van der Waals surface area (Å²) in [6.45, 7) is 4.40. The number of carbonyl (C=O) groups excluding carboxylic acids is 2. The zero-order valence-corrected chi connectivity index (χ0v) is 16.1. The van der Waals surface area contributed by atoms with Crippen molar-refractivity contribution in [3.63, 3.8) is 0 Å². The summed E-state index contributed by atoms with van der Waals surface area (Å²) in [7, 11) is 0. The van der Waals surface area contributed by atoms with E-state index in [-0.39, 0.29) is 17.9 Å². The van der Waals surface area contributed by atoms with E-state index < -0.39 is 0 Å². The second-order valence-corrected chi connectivity index (χ2v) is 7.73. The van der Waals surface area contributed by atoms with Gasteiger partial charge < -0.3 is 10.2 Å². The molecule has 0 radical (unpaired) electrons. The van der Waals surface area contributed by atoms with Gasteiger partial charge >= 0.3 is 0 Å². The van der Waals surface area contributed by atoms with Crippen molar-refractivity contribution >= 4 is 17.5 Å². The van der Waals surface area contributed by atoms with Crippen LogP contribution in [-0.2, 0) is 4.79 Å². The number of fused-ring (bicyclic) bond motifs is 1. The smallest absolute Gasteiger partial charge is 0.258 e. The third kappa shape index (κ3) is 3.72. The van der Waals surface area contributed by atoms with Gasteiger partial charge in [0.2, 0.25) is 5.91 Å². The molecule has 2 aromatic rings. The molecule has 0 unspecified atom stereocenters. The molecule has 1 N–H and O–H groups in total. The molecule has 1 aliphatic heterocycles. The lowest BCUT2D eigenvalue weighted by atomic mass is 9.82. The molecule has 0 atom stereocenters. The second kappa shape index (κ2) is 8.01. The van der Waals surface area contributed by atoms with Crippen LogP contribution in [0.5, 0.6) is 0 Å². The fraction of sp³-hybridized carbons (Fsp3) is 0.333. The SMILES string of the molecule is C=C1c2ccccc2C(=O)N1CCC(=O)NC1CCC(c2ccccc2)CC1. The molecule has 1 fully saturated rings. The molecule has 0 spiro atoms. The van der Waals surface area contributed by atoms with E-state index in [1.54, 1.807) is 4.90 Å². The Morgan fingerprint density at radius 2 is 1.61 bits per heavy atom. The van der Waals surface area contributed by atoms with E-state index in [9.17, 15) is 9.59 Å². The maximum absolute atomic E-state index is 12.5. The lowest BCUT2D eigenvalue weighted by Crippen LogP contribution is -2.39. The van der Waals surface area contributed by atoms with E-state index in [1.165, 1.54) is 5.56 Å². The predicted molar refractivity (Wildman–Crippen MR) is 111 cm³/mol. The summed E-state index contributed by atoms with van der Waals surface area (Å²) in [4.78, 5) is 26.6. The molecule has 2 aromatic carbocycles. The zero-order valence-electron chi connectivity index (χ0n) is 16.1. The monoisotopic (exact) mass is 374 g/mol. The Hall–Kier alpha value is -2.88. The average molecular weight is 374 g/mol. The van der Waals surface area contributed by atoms with Gasteiger partial charge in [-0.2, -0.15) is 0 Å². The van der Waals surface area contributed by atoms with Crippen LogP contribution in [0.15, 0.2) is 61.2 Å². The molecule has 0 aromatic heterocycles. The molecule has 4 rings (SSSR count). The first kappa shape index (κ1) is 18.5. The maximum atomic E-state index is 12.5. The van der Waals surface area contributed by atoms with Gasteiger partial charge in [-0.15, -0.1) is 0 Å². The number of hydrogen-bond donors (Lipinski definition) is 1. The van der Waals surface area contributed by atoms with Crippen LogP contribution in [0.4, 0.5) is 0 Å². The molecule has 0 bridgehead atoms. The number of carbonyl (C=O) groups is 2. The number of amides is 2. The Bertz CT molecular complexity index is 847. The lowest BCUT2D eigenvalue weighted by Gasteiger charge is -2.29. The standard InChI is InChI=1S/C24H26N2O2/c1-17-21-9-5-6-10-22(21)24(28)26(17)16-15-23(27)25-20-13-11-19(12-14-20)18-7-3-2-4-8-18/h2-10,19-20H,1,11-16H2,(H,25,27). The highest BCUT2D eigenvalue weighted by Crippen LogP contribution is 2.33. The minimum absolute atomic E-state index is 0.0136. The second-order valence-electron chi connectivity index (χ2n) is 7.73. The zero-order chi connectivity index (χ0) is 19.5. The lowest BCUT2D eigenvalue weighted by molar-refractivity contribution is -0.122.